The van der Waals surface area contributed by atoms with E-state index < -0.39 is 9.85 Å². The summed E-state index contributed by atoms with van der Waals surface area (Å²) < 4.78 is 27.9. The summed E-state index contributed by atoms with van der Waals surface area (Å²) in [4.78, 5) is 0. The zero-order valence-electron chi connectivity index (χ0n) is 5.41. The van der Waals surface area contributed by atoms with Gasteiger partial charge in [-0.05, 0) is 6.42 Å². The monoisotopic (exact) mass is 280 g/mol. The maximum atomic E-state index is 12.4. The fraction of sp³-hybridized carbons (Fsp3) is 1.00. The molecule has 5 heteroatoms. The second-order valence-electron chi connectivity index (χ2n) is 1.71. The molecule has 0 spiro atoms. The number of ether oxygens (including phenoxy) is 1. The molecule has 0 saturated heterocycles. The zero-order chi connectivity index (χ0) is 8.20. The van der Waals surface area contributed by atoms with Crippen molar-refractivity contribution in [2.24, 2.45) is 0 Å². The molecule has 0 aliphatic carbocycles. The van der Waals surface area contributed by atoms with Crippen LogP contribution >= 0.6 is 31.9 Å². The third-order valence-electron chi connectivity index (χ3n) is 0.753. The lowest BCUT2D eigenvalue weighted by Gasteiger charge is -2.17. The first-order valence-electron chi connectivity index (χ1n) is 2.80. The normalized spacial score (nSPS) is 12.6. The van der Waals surface area contributed by atoms with Crippen LogP contribution in [0.4, 0.5) is 8.78 Å². The number of hydrogen-bond acceptors (Lipinski definition) is 1. The van der Waals surface area contributed by atoms with Gasteiger partial charge in [-0.3, -0.25) is 0 Å². The lowest BCUT2D eigenvalue weighted by Crippen LogP contribution is -2.28. The summed E-state index contributed by atoms with van der Waals surface area (Å²) in [5, 5.41) is 0. The van der Waals surface area contributed by atoms with Crippen LogP contribution in [0.1, 0.15) is 13.3 Å². The van der Waals surface area contributed by atoms with E-state index in [1.54, 1.807) is 6.92 Å². The molecule has 0 rings (SSSR count). The number of halogens is 4. The minimum absolute atomic E-state index is 0.0701. The Labute approximate surface area is 75.4 Å². The third-order valence-corrected chi connectivity index (χ3v) is 1.82. The SMILES string of the molecule is CCCOC(F)(F)C(Br)Br. The van der Waals surface area contributed by atoms with Crippen molar-refractivity contribution in [1.29, 1.82) is 0 Å². The molecule has 0 aromatic carbocycles. The highest BCUT2D eigenvalue weighted by Gasteiger charge is 2.37. The fourth-order valence-corrected chi connectivity index (χ4v) is 0.565. The van der Waals surface area contributed by atoms with Crippen molar-refractivity contribution in [1.82, 2.24) is 0 Å². The average molecular weight is 282 g/mol. The molecule has 10 heavy (non-hydrogen) atoms. The van der Waals surface area contributed by atoms with Gasteiger partial charge < -0.3 is 4.74 Å². The largest absolute Gasteiger partial charge is 0.378 e. The molecule has 62 valence electrons. The fourth-order valence-electron chi connectivity index (χ4n) is 0.301. The van der Waals surface area contributed by atoms with Crippen molar-refractivity contribution in [3.05, 3.63) is 0 Å². The molecule has 0 heterocycles. The molecule has 0 amide bonds. The van der Waals surface area contributed by atoms with Crippen LogP contribution in [-0.4, -0.2) is 16.5 Å². The summed E-state index contributed by atoms with van der Waals surface area (Å²) in [5.41, 5.74) is 0. The summed E-state index contributed by atoms with van der Waals surface area (Å²) in [6.07, 6.45) is -2.53. The van der Waals surface area contributed by atoms with Gasteiger partial charge in [-0.15, -0.1) is 0 Å². The van der Waals surface area contributed by atoms with E-state index in [4.69, 9.17) is 0 Å². The van der Waals surface area contributed by atoms with Crippen LogP contribution in [-0.2, 0) is 4.74 Å². The van der Waals surface area contributed by atoms with Crippen molar-refractivity contribution < 1.29 is 13.5 Å². The first-order valence-corrected chi connectivity index (χ1v) is 4.63. The van der Waals surface area contributed by atoms with Crippen LogP contribution in [0.25, 0.3) is 0 Å². The quantitative estimate of drug-likeness (QED) is 0.720. The highest BCUT2D eigenvalue weighted by Crippen LogP contribution is 2.30. The van der Waals surface area contributed by atoms with Crippen LogP contribution in [0.5, 0.6) is 0 Å². The van der Waals surface area contributed by atoms with E-state index in [9.17, 15) is 8.78 Å². The number of rotatable bonds is 4. The maximum absolute atomic E-state index is 12.4. The molecule has 0 radical (unpaired) electrons. The van der Waals surface area contributed by atoms with Gasteiger partial charge in [0.2, 0.25) is 0 Å². The smallest absolute Gasteiger partial charge is 0.319 e. The van der Waals surface area contributed by atoms with Crippen LogP contribution < -0.4 is 0 Å². The van der Waals surface area contributed by atoms with Gasteiger partial charge >= 0.3 is 6.11 Å². The lowest BCUT2D eigenvalue weighted by molar-refractivity contribution is -0.223. The molecule has 1 nitrogen and oxygen atoms in total. The highest BCUT2D eigenvalue weighted by atomic mass is 79.9. The topological polar surface area (TPSA) is 9.23 Å². The molecule has 0 fully saturated rings. The molecule has 0 aliphatic rings. The zero-order valence-corrected chi connectivity index (χ0v) is 8.58. The van der Waals surface area contributed by atoms with Gasteiger partial charge in [-0.2, -0.15) is 8.78 Å². The van der Waals surface area contributed by atoms with Gasteiger partial charge in [0.1, 0.15) is 0 Å². The lowest BCUT2D eigenvalue weighted by atomic mass is 10.5. The predicted octanol–water partition coefficient (Wildman–Crippen LogP) is 3.12. The predicted molar refractivity (Wildman–Crippen MR) is 42.8 cm³/mol. The van der Waals surface area contributed by atoms with Crippen LogP contribution in [0.15, 0.2) is 0 Å². The Morgan fingerprint density at radius 3 is 2.30 bits per heavy atom. The molecule has 0 aliphatic heterocycles. The van der Waals surface area contributed by atoms with Gasteiger partial charge in [-0.25, -0.2) is 0 Å². The Kier molecular flexibility index (Phi) is 4.98. The molecule has 0 aromatic rings. The van der Waals surface area contributed by atoms with E-state index in [0.717, 1.165) is 0 Å². The minimum atomic E-state index is -3.12. The standard InChI is InChI=1S/C5H8Br2F2O/c1-2-3-10-5(8,9)4(6)7/h4H,2-3H2,1H3. The third kappa shape index (κ3) is 3.83. The average Bonchev–Trinajstić information content (AvgIpc) is 1.84. The molecule has 0 aromatic heterocycles. The van der Waals surface area contributed by atoms with Gasteiger partial charge in [-0.1, -0.05) is 38.8 Å². The summed E-state index contributed by atoms with van der Waals surface area (Å²) in [6, 6.07) is 0. The van der Waals surface area contributed by atoms with Gasteiger partial charge in [0.15, 0.2) is 3.74 Å². The Hall–Kier alpha value is 0.780. The maximum Gasteiger partial charge on any atom is 0.378 e. The second kappa shape index (κ2) is 4.62. The van der Waals surface area contributed by atoms with E-state index in [2.05, 4.69) is 36.6 Å². The van der Waals surface area contributed by atoms with Crippen molar-refractivity contribution in [3.63, 3.8) is 0 Å². The molecule has 0 N–H and O–H groups in total. The Bertz CT molecular complexity index is 97.6. The van der Waals surface area contributed by atoms with Crippen molar-refractivity contribution in [2.75, 3.05) is 6.61 Å². The van der Waals surface area contributed by atoms with Crippen LogP contribution in [0.3, 0.4) is 0 Å². The van der Waals surface area contributed by atoms with Crippen molar-refractivity contribution in [3.8, 4) is 0 Å². The van der Waals surface area contributed by atoms with E-state index >= 15 is 0 Å². The Balaban J connectivity index is 3.63. The summed E-state index contributed by atoms with van der Waals surface area (Å²) >= 11 is 5.34. The molecular formula is C5H8Br2F2O. The van der Waals surface area contributed by atoms with Crippen molar-refractivity contribution in [2.45, 2.75) is 23.2 Å². The van der Waals surface area contributed by atoms with Crippen molar-refractivity contribution >= 4 is 31.9 Å². The summed E-state index contributed by atoms with van der Waals surface area (Å²) in [5.74, 6) is 0. The van der Waals surface area contributed by atoms with Crippen LogP contribution in [0.2, 0.25) is 0 Å². The summed E-state index contributed by atoms with van der Waals surface area (Å²) in [7, 11) is 0. The number of hydrogen-bond donors (Lipinski definition) is 0. The molecule has 0 saturated carbocycles. The molecular weight excluding hydrogens is 274 g/mol. The Morgan fingerprint density at radius 2 is 2.00 bits per heavy atom. The second-order valence-corrected chi connectivity index (χ2v) is 4.77. The minimum Gasteiger partial charge on any atom is -0.319 e. The van der Waals surface area contributed by atoms with E-state index in [1.165, 1.54) is 0 Å². The van der Waals surface area contributed by atoms with Gasteiger partial charge in [0.25, 0.3) is 0 Å². The highest BCUT2D eigenvalue weighted by molar-refractivity contribution is 9.24. The molecule has 0 unspecified atom stereocenters. The van der Waals surface area contributed by atoms with Crippen LogP contribution in [0, 0.1) is 0 Å². The Morgan fingerprint density at radius 1 is 1.50 bits per heavy atom. The van der Waals surface area contributed by atoms with Gasteiger partial charge in [0, 0.05) is 0 Å². The van der Waals surface area contributed by atoms with E-state index in [0.29, 0.717) is 6.42 Å². The molecule has 0 atom stereocenters. The molecule has 0 bridgehead atoms. The summed E-state index contributed by atoms with van der Waals surface area (Å²) in [6.45, 7) is 1.84. The van der Waals surface area contributed by atoms with E-state index in [1.807, 2.05) is 0 Å². The first kappa shape index (κ1) is 10.8. The number of alkyl halides is 4. The first-order chi connectivity index (χ1) is 4.50. The van der Waals surface area contributed by atoms with Gasteiger partial charge in [0.05, 0.1) is 6.61 Å². The van der Waals surface area contributed by atoms with E-state index in [-0.39, 0.29) is 6.61 Å².